The summed E-state index contributed by atoms with van der Waals surface area (Å²) in [7, 11) is 0. The maximum atomic E-state index is 13.1. The van der Waals surface area contributed by atoms with Crippen molar-refractivity contribution in [1.82, 2.24) is 15.7 Å². The molecule has 0 aromatic heterocycles. The Labute approximate surface area is 183 Å². The van der Waals surface area contributed by atoms with Crippen molar-refractivity contribution in [3.8, 4) is 0 Å². The van der Waals surface area contributed by atoms with Gasteiger partial charge in [-0.1, -0.05) is 13.0 Å². The van der Waals surface area contributed by atoms with E-state index in [4.69, 9.17) is 9.94 Å². The number of hydrogen-bond donors (Lipinski definition) is 3. The molecule has 1 aromatic carbocycles. The predicted octanol–water partition coefficient (Wildman–Crippen LogP) is 2.82. The second-order valence-electron chi connectivity index (χ2n) is 9.87. The number of fused-ring (bicyclic) bond motifs is 1. The van der Waals surface area contributed by atoms with Crippen molar-refractivity contribution in [3.63, 3.8) is 0 Å². The minimum absolute atomic E-state index is 0.00634. The van der Waals surface area contributed by atoms with Crippen LogP contribution in [0.5, 0.6) is 0 Å². The van der Waals surface area contributed by atoms with E-state index in [0.717, 1.165) is 24.0 Å². The Hall–Kier alpha value is -2.61. The van der Waals surface area contributed by atoms with Crippen LogP contribution in [0.2, 0.25) is 0 Å². The highest BCUT2D eigenvalue weighted by Gasteiger charge is 2.40. The minimum Gasteiger partial charge on any atom is -0.444 e. The van der Waals surface area contributed by atoms with E-state index in [1.54, 1.807) is 22.5 Å². The summed E-state index contributed by atoms with van der Waals surface area (Å²) in [4.78, 5) is 38.7. The Balaban J connectivity index is 1.57. The fraction of sp³-hybridized carbons (Fsp3) is 0.609. The predicted molar refractivity (Wildman–Crippen MR) is 115 cm³/mol. The molecule has 1 aliphatic heterocycles. The van der Waals surface area contributed by atoms with Crippen molar-refractivity contribution in [3.05, 3.63) is 34.9 Å². The second-order valence-corrected chi connectivity index (χ2v) is 9.87. The number of ether oxygens (including phenoxy) is 1. The fourth-order valence-corrected chi connectivity index (χ4v) is 4.18. The second kappa shape index (κ2) is 8.86. The summed E-state index contributed by atoms with van der Waals surface area (Å²) in [6.45, 7) is 8.46. The summed E-state index contributed by atoms with van der Waals surface area (Å²) in [5.74, 6) is -0.535. The molecule has 1 aromatic rings. The lowest BCUT2D eigenvalue weighted by Gasteiger charge is -2.39. The molecular weight excluding hydrogens is 398 g/mol. The van der Waals surface area contributed by atoms with Crippen LogP contribution in [-0.2, 0) is 22.4 Å². The zero-order chi connectivity index (χ0) is 22.8. The maximum absolute atomic E-state index is 13.1. The summed E-state index contributed by atoms with van der Waals surface area (Å²) < 4.78 is 5.44. The number of carbonyl (C=O) groups excluding carboxylic acids is 3. The largest absolute Gasteiger partial charge is 0.444 e. The molecule has 0 radical (unpaired) electrons. The number of nitrogens with one attached hydrogen (secondary N) is 2. The maximum Gasteiger partial charge on any atom is 0.410 e. The molecule has 0 spiro atoms. The quantitative estimate of drug-likeness (QED) is 0.504. The average molecular weight is 432 g/mol. The first-order valence-corrected chi connectivity index (χ1v) is 10.9. The molecule has 1 fully saturated rings. The van der Waals surface area contributed by atoms with Gasteiger partial charge in [0.1, 0.15) is 5.60 Å². The molecule has 1 heterocycles. The van der Waals surface area contributed by atoms with Crippen LogP contribution in [0.25, 0.3) is 0 Å². The van der Waals surface area contributed by atoms with Gasteiger partial charge in [-0.2, -0.15) is 0 Å². The van der Waals surface area contributed by atoms with E-state index in [1.165, 1.54) is 0 Å². The first-order valence-electron chi connectivity index (χ1n) is 10.9. The number of nitrogens with zero attached hydrogens (tertiary/aromatic N) is 1. The zero-order valence-corrected chi connectivity index (χ0v) is 18.8. The van der Waals surface area contributed by atoms with Crippen LogP contribution in [0.15, 0.2) is 18.2 Å². The monoisotopic (exact) mass is 431 g/mol. The van der Waals surface area contributed by atoms with Gasteiger partial charge in [0.15, 0.2) is 0 Å². The number of likely N-dealkylation sites (tertiary alicyclic amines) is 1. The van der Waals surface area contributed by atoms with Gasteiger partial charge in [-0.25, -0.2) is 10.3 Å². The minimum atomic E-state index is -0.543. The van der Waals surface area contributed by atoms with Gasteiger partial charge in [-0.05, 0) is 76.1 Å². The Morgan fingerprint density at radius 1 is 1.16 bits per heavy atom. The molecule has 1 unspecified atom stereocenters. The number of aryl methyl sites for hydroxylation is 1. The summed E-state index contributed by atoms with van der Waals surface area (Å²) in [6.07, 6.45) is 3.15. The highest BCUT2D eigenvalue weighted by molar-refractivity contribution is 5.93. The normalized spacial score (nSPS) is 20.4. The number of benzene rings is 1. The number of carbonyl (C=O) groups is 3. The van der Waals surface area contributed by atoms with Gasteiger partial charge in [-0.15, -0.1) is 0 Å². The Morgan fingerprint density at radius 3 is 2.45 bits per heavy atom. The van der Waals surface area contributed by atoms with Crippen LogP contribution >= 0.6 is 0 Å². The summed E-state index contributed by atoms with van der Waals surface area (Å²) in [5, 5.41) is 12.0. The van der Waals surface area contributed by atoms with Gasteiger partial charge in [0.25, 0.3) is 5.91 Å². The van der Waals surface area contributed by atoms with Gasteiger partial charge < -0.3 is 15.0 Å². The number of hydroxylamine groups is 1. The lowest BCUT2D eigenvalue weighted by molar-refractivity contribution is -0.133. The lowest BCUT2D eigenvalue weighted by atomic mass is 9.78. The van der Waals surface area contributed by atoms with Gasteiger partial charge in [0, 0.05) is 30.1 Å². The molecular formula is C23H33N3O5. The lowest BCUT2D eigenvalue weighted by Crippen LogP contribution is -2.52. The van der Waals surface area contributed by atoms with E-state index in [-0.39, 0.29) is 18.0 Å². The van der Waals surface area contributed by atoms with E-state index in [2.05, 4.69) is 5.32 Å². The number of hydrogen-bond acceptors (Lipinski definition) is 5. The highest BCUT2D eigenvalue weighted by Crippen LogP contribution is 2.33. The molecule has 170 valence electrons. The molecule has 0 saturated carbocycles. The topological polar surface area (TPSA) is 108 Å². The van der Waals surface area contributed by atoms with Gasteiger partial charge >= 0.3 is 6.09 Å². The third-order valence-electron chi connectivity index (χ3n) is 6.20. The molecule has 2 aliphatic rings. The first kappa shape index (κ1) is 23.1. The van der Waals surface area contributed by atoms with Gasteiger partial charge in [0.2, 0.25) is 5.91 Å². The number of rotatable bonds is 3. The smallest absolute Gasteiger partial charge is 0.410 e. The zero-order valence-electron chi connectivity index (χ0n) is 18.8. The third kappa shape index (κ3) is 5.55. The number of amides is 3. The van der Waals surface area contributed by atoms with E-state index in [9.17, 15) is 14.4 Å². The van der Waals surface area contributed by atoms with Crippen molar-refractivity contribution in [2.75, 3.05) is 13.1 Å². The van der Waals surface area contributed by atoms with Crippen LogP contribution in [0.1, 0.15) is 68.4 Å². The van der Waals surface area contributed by atoms with Crippen LogP contribution in [0, 0.1) is 5.41 Å². The third-order valence-corrected chi connectivity index (χ3v) is 6.20. The van der Waals surface area contributed by atoms with Crippen LogP contribution in [0.4, 0.5) is 4.79 Å². The molecule has 0 bridgehead atoms. The van der Waals surface area contributed by atoms with E-state index in [0.29, 0.717) is 37.9 Å². The average Bonchev–Trinajstić information content (AvgIpc) is 2.71. The molecule has 3 amide bonds. The van der Waals surface area contributed by atoms with Crippen LogP contribution in [-0.4, -0.2) is 52.7 Å². The fourth-order valence-electron chi connectivity index (χ4n) is 4.18. The Morgan fingerprint density at radius 2 is 1.84 bits per heavy atom. The van der Waals surface area contributed by atoms with Gasteiger partial charge in [0.05, 0.1) is 0 Å². The van der Waals surface area contributed by atoms with Crippen molar-refractivity contribution in [1.29, 1.82) is 0 Å². The Kier molecular flexibility index (Phi) is 6.59. The Bertz CT molecular complexity index is 853. The van der Waals surface area contributed by atoms with Crippen molar-refractivity contribution < 1.29 is 24.3 Å². The summed E-state index contributed by atoms with van der Waals surface area (Å²) in [5.41, 5.74) is 3.17. The standard InChI is InChI=1S/C23H33N3O5/c1-22(2,3)31-21(29)26-11-9-23(4,10-12-26)20(28)24-18-8-7-15-5-6-16(19(27)25-30)13-17(15)14-18/h5-6,13,18,30H,7-12,14H2,1-4H3,(H,24,28)(H,25,27). The SMILES string of the molecule is CC(C)(C)OC(=O)N1CCC(C)(C(=O)NC2CCc3ccc(C(=O)NO)cc3C2)CC1. The molecule has 1 saturated heterocycles. The van der Waals surface area contributed by atoms with E-state index in [1.807, 2.05) is 33.8 Å². The van der Waals surface area contributed by atoms with E-state index >= 15 is 0 Å². The van der Waals surface area contributed by atoms with E-state index < -0.39 is 16.9 Å². The van der Waals surface area contributed by atoms with Gasteiger partial charge in [-0.3, -0.25) is 14.8 Å². The molecule has 8 nitrogen and oxygen atoms in total. The summed E-state index contributed by atoms with van der Waals surface area (Å²) in [6, 6.07) is 5.38. The highest BCUT2D eigenvalue weighted by atomic mass is 16.6. The molecule has 3 N–H and O–H groups in total. The van der Waals surface area contributed by atoms with Crippen molar-refractivity contribution >= 4 is 17.9 Å². The number of piperidine rings is 1. The molecule has 1 aliphatic carbocycles. The molecule has 1 atom stereocenters. The first-order chi connectivity index (χ1) is 14.5. The van der Waals surface area contributed by atoms with Crippen molar-refractivity contribution in [2.24, 2.45) is 5.41 Å². The molecule has 8 heteroatoms. The molecule has 31 heavy (non-hydrogen) atoms. The van der Waals surface area contributed by atoms with Crippen LogP contribution in [0.3, 0.4) is 0 Å². The van der Waals surface area contributed by atoms with Crippen molar-refractivity contribution in [2.45, 2.75) is 71.4 Å². The summed E-state index contributed by atoms with van der Waals surface area (Å²) >= 11 is 0. The van der Waals surface area contributed by atoms with Crippen LogP contribution < -0.4 is 10.8 Å². The molecule has 3 rings (SSSR count).